The van der Waals surface area contributed by atoms with Crippen LogP contribution in [-0.4, -0.2) is 50.7 Å². The Hall–Kier alpha value is -0.610. The molecule has 1 atom stereocenters. The van der Waals surface area contributed by atoms with Gasteiger partial charge in [0.25, 0.3) is 0 Å². The number of hydrogen-bond donors (Lipinski definition) is 1. The van der Waals surface area contributed by atoms with E-state index in [-0.39, 0.29) is 11.9 Å². The number of carbonyl (C=O) groups is 1. The van der Waals surface area contributed by atoms with Gasteiger partial charge in [-0.1, -0.05) is 12.8 Å². The molecule has 0 bridgehead atoms. The Bertz CT molecular complexity index is 246. The number of ether oxygens (including phenoxy) is 1. The molecule has 1 heterocycles. The summed E-state index contributed by atoms with van der Waals surface area (Å²) in [5.74, 6) is 0.647. The summed E-state index contributed by atoms with van der Waals surface area (Å²) in [6.07, 6.45) is 4.96. The summed E-state index contributed by atoms with van der Waals surface area (Å²) in [4.78, 5) is 14.3. The molecule has 0 aromatic heterocycles. The zero-order valence-corrected chi connectivity index (χ0v) is 10.8. The van der Waals surface area contributed by atoms with E-state index >= 15 is 0 Å². The highest BCUT2D eigenvalue weighted by Gasteiger charge is 2.33. The first kappa shape index (κ1) is 12.8. The topological polar surface area (TPSA) is 41.6 Å². The molecule has 1 saturated carbocycles. The average Bonchev–Trinajstić information content (AvgIpc) is 2.90. The van der Waals surface area contributed by atoms with Crippen LogP contribution in [0.2, 0.25) is 0 Å². The normalized spacial score (nSPS) is 24.8. The lowest BCUT2D eigenvalue weighted by molar-refractivity contribution is -0.148. The molecule has 2 aliphatic rings. The Morgan fingerprint density at radius 3 is 2.59 bits per heavy atom. The first-order valence-corrected chi connectivity index (χ1v) is 6.82. The first-order valence-electron chi connectivity index (χ1n) is 6.82. The van der Waals surface area contributed by atoms with Crippen molar-refractivity contribution in [3.05, 3.63) is 0 Å². The number of nitrogens with one attached hydrogen (secondary N) is 1. The molecule has 4 nitrogen and oxygen atoms in total. The van der Waals surface area contributed by atoms with Crippen molar-refractivity contribution < 1.29 is 9.53 Å². The molecule has 98 valence electrons. The summed E-state index contributed by atoms with van der Waals surface area (Å²) >= 11 is 0. The lowest BCUT2D eigenvalue weighted by Gasteiger charge is -2.32. The smallest absolute Gasteiger partial charge is 0.310 e. The molecule has 0 aromatic rings. The Morgan fingerprint density at radius 2 is 2.00 bits per heavy atom. The monoisotopic (exact) mass is 240 g/mol. The van der Waals surface area contributed by atoms with E-state index in [1.165, 1.54) is 32.8 Å². The molecule has 4 heteroatoms. The van der Waals surface area contributed by atoms with Crippen LogP contribution >= 0.6 is 0 Å². The number of rotatable bonds is 4. The van der Waals surface area contributed by atoms with Gasteiger partial charge in [-0.15, -0.1) is 0 Å². The quantitative estimate of drug-likeness (QED) is 0.740. The third kappa shape index (κ3) is 3.42. The maximum absolute atomic E-state index is 11.9. The van der Waals surface area contributed by atoms with Crippen molar-refractivity contribution in [1.82, 2.24) is 10.2 Å². The fraction of sp³-hybridized carbons (Fsp3) is 0.923. The third-order valence-electron chi connectivity index (χ3n) is 4.14. The highest BCUT2D eigenvalue weighted by molar-refractivity contribution is 5.73. The standard InChI is InChI=1S/C13H24N2O2/c1-17-13(16)12(11-4-2-3-5-11)10-15-8-6-14-7-9-15/h11-12,14H,2-10H2,1H3. The number of esters is 1. The fourth-order valence-corrected chi connectivity index (χ4v) is 3.10. The number of hydrogen-bond acceptors (Lipinski definition) is 4. The lowest BCUT2D eigenvalue weighted by Crippen LogP contribution is -2.47. The fourth-order valence-electron chi connectivity index (χ4n) is 3.10. The Kier molecular flexibility index (Phi) is 4.80. The number of nitrogens with zero attached hydrogens (tertiary/aromatic N) is 1. The van der Waals surface area contributed by atoms with E-state index < -0.39 is 0 Å². The van der Waals surface area contributed by atoms with Gasteiger partial charge in [-0.05, 0) is 18.8 Å². The van der Waals surface area contributed by atoms with Crippen LogP contribution in [-0.2, 0) is 9.53 Å². The molecule has 1 unspecified atom stereocenters. The molecule has 0 amide bonds. The van der Waals surface area contributed by atoms with E-state index in [0.717, 1.165) is 32.7 Å². The molecule has 1 N–H and O–H groups in total. The summed E-state index contributed by atoms with van der Waals surface area (Å²) < 4.78 is 4.99. The first-order chi connectivity index (χ1) is 8.31. The van der Waals surface area contributed by atoms with Gasteiger partial charge < -0.3 is 10.1 Å². The zero-order valence-electron chi connectivity index (χ0n) is 10.8. The summed E-state index contributed by atoms with van der Waals surface area (Å²) in [5, 5.41) is 3.34. The average molecular weight is 240 g/mol. The van der Waals surface area contributed by atoms with Crippen LogP contribution < -0.4 is 5.32 Å². The van der Waals surface area contributed by atoms with Crippen LogP contribution in [0.3, 0.4) is 0 Å². The summed E-state index contributed by atoms with van der Waals surface area (Å²) in [5.41, 5.74) is 0. The van der Waals surface area contributed by atoms with Crippen LogP contribution in [0.15, 0.2) is 0 Å². The molecule has 0 spiro atoms. The van der Waals surface area contributed by atoms with Crippen LogP contribution in [0.5, 0.6) is 0 Å². The van der Waals surface area contributed by atoms with E-state index in [1.54, 1.807) is 0 Å². The van der Waals surface area contributed by atoms with E-state index in [1.807, 2.05) is 0 Å². The molecule has 0 radical (unpaired) electrons. The second-order valence-electron chi connectivity index (χ2n) is 5.22. The van der Waals surface area contributed by atoms with Crippen molar-refractivity contribution in [3.63, 3.8) is 0 Å². The molecular formula is C13H24N2O2. The van der Waals surface area contributed by atoms with E-state index in [9.17, 15) is 4.79 Å². The van der Waals surface area contributed by atoms with E-state index in [0.29, 0.717) is 5.92 Å². The predicted molar refractivity (Wildman–Crippen MR) is 66.8 cm³/mol. The molecule has 1 aliphatic carbocycles. The molecule has 1 aliphatic heterocycles. The second-order valence-corrected chi connectivity index (χ2v) is 5.22. The lowest BCUT2D eigenvalue weighted by atomic mass is 9.90. The maximum atomic E-state index is 11.9. The van der Waals surface area contributed by atoms with Crippen molar-refractivity contribution in [2.24, 2.45) is 11.8 Å². The van der Waals surface area contributed by atoms with Gasteiger partial charge in [0.2, 0.25) is 0 Å². The molecule has 1 saturated heterocycles. The highest BCUT2D eigenvalue weighted by atomic mass is 16.5. The number of piperazine rings is 1. The molecule has 17 heavy (non-hydrogen) atoms. The van der Waals surface area contributed by atoms with Crippen molar-refractivity contribution in [2.45, 2.75) is 25.7 Å². The van der Waals surface area contributed by atoms with Crippen LogP contribution in [0.4, 0.5) is 0 Å². The van der Waals surface area contributed by atoms with Crippen molar-refractivity contribution in [1.29, 1.82) is 0 Å². The summed E-state index contributed by atoms with van der Waals surface area (Å²) in [6.45, 7) is 5.08. The molecule has 2 fully saturated rings. The molecule has 2 rings (SSSR count). The third-order valence-corrected chi connectivity index (χ3v) is 4.14. The van der Waals surface area contributed by atoms with Crippen LogP contribution in [0.25, 0.3) is 0 Å². The Morgan fingerprint density at radius 1 is 1.35 bits per heavy atom. The summed E-state index contributed by atoms with van der Waals surface area (Å²) in [7, 11) is 1.52. The minimum atomic E-state index is -0.00423. The van der Waals surface area contributed by atoms with Gasteiger partial charge in [-0.2, -0.15) is 0 Å². The Balaban J connectivity index is 1.91. The largest absolute Gasteiger partial charge is 0.469 e. The minimum absolute atomic E-state index is 0.00423. The van der Waals surface area contributed by atoms with Gasteiger partial charge in [0.1, 0.15) is 0 Å². The number of methoxy groups -OCH3 is 1. The van der Waals surface area contributed by atoms with Gasteiger partial charge in [-0.3, -0.25) is 9.69 Å². The van der Waals surface area contributed by atoms with Gasteiger partial charge in [0.05, 0.1) is 13.0 Å². The number of carbonyl (C=O) groups excluding carboxylic acids is 1. The van der Waals surface area contributed by atoms with Crippen LogP contribution in [0.1, 0.15) is 25.7 Å². The van der Waals surface area contributed by atoms with Gasteiger partial charge in [-0.25, -0.2) is 0 Å². The Labute approximate surface area is 104 Å². The van der Waals surface area contributed by atoms with Crippen molar-refractivity contribution in [2.75, 3.05) is 39.8 Å². The van der Waals surface area contributed by atoms with Crippen molar-refractivity contribution in [3.8, 4) is 0 Å². The van der Waals surface area contributed by atoms with Gasteiger partial charge >= 0.3 is 5.97 Å². The second kappa shape index (κ2) is 6.36. The predicted octanol–water partition coefficient (Wildman–Crippen LogP) is 0.871. The molecule has 0 aromatic carbocycles. The maximum Gasteiger partial charge on any atom is 0.310 e. The minimum Gasteiger partial charge on any atom is -0.469 e. The van der Waals surface area contributed by atoms with Gasteiger partial charge in [0.15, 0.2) is 0 Å². The van der Waals surface area contributed by atoms with Gasteiger partial charge in [0, 0.05) is 32.7 Å². The van der Waals surface area contributed by atoms with Crippen molar-refractivity contribution >= 4 is 5.97 Å². The summed E-state index contributed by atoms with van der Waals surface area (Å²) in [6, 6.07) is 0. The van der Waals surface area contributed by atoms with Crippen LogP contribution in [0, 0.1) is 11.8 Å². The zero-order chi connectivity index (χ0) is 12.1. The molecular weight excluding hydrogens is 216 g/mol. The highest BCUT2D eigenvalue weighted by Crippen LogP contribution is 2.32. The SMILES string of the molecule is COC(=O)C(CN1CCNCC1)C1CCCC1. The van der Waals surface area contributed by atoms with E-state index in [2.05, 4.69) is 10.2 Å². The van der Waals surface area contributed by atoms with E-state index in [4.69, 9.17) is 4.74 Å².